The first-order valence-electron chi connectivity index (χ1n) is 10.8. The number of nitrogens with zero attached hydrogens (tertiary/aromatic N) is 1. The molecular weight excluding hydrogens is 370 g/mol. The summed E-state index contributed by atoms with van der Waals surface area (Å²) in [5, 5.41) is 0. The first-order valence-corrected chi connectivity index (χ1v) is 10.8. The molecule has 0 aromatic heterocycles. The third kappa shape index (κ3) is 7.44. The molecule has 0 unspecified atom stereocenters. The summed E-state index contributed by atoms with van der Waals surface area (Å²) in [6.07, 6.45) is 0.573. The van der Waals surface area contributed by atoms with Gasteiger partial charge in [-0.1, -0.05) is 59.2 Å². The van der Waals surface area contributed by atoms with Gasteiger partial charge in [0.1, 0.15) is 0 Å². The summed E-state index contributed by atoms with van der Waals surface area (Å²) >= 11 is 0. The molecule has 0 N–H and O–H groups in total. The Labute approximate surface area is 176 Å². The molecule has 3 rings (SSSR count). The number of esters is 1. The van der Waals surface area contributed by atoms with Gasteiger partial charge in [0.05, 0.1) is 33.3 Å². The zero-order valence-electron chi connectivity index (χ0n) is 19.5. The van der Waals surface area contributed by atoms with Crippen molar-refractivity contribution in [3.8, 4) is 0 Å². The van der Waals surface area contributed by atoms with E-state index in [1.54, 1.807) is 4.90 Å². The zero-order chi connectivity index (χ0) is 22.4. The predicted molar refractivity (Wildman–Crippen MR) is 116 cm³/mol. The highest BCUT2D eigenvalue weighted by Gasteiger charge is 2.42. The molecule has 0 bridgehead atoms. The van der Waals surface area contributed by atoms with Crippen molar-refractivity contribution < 1.29 is 23.8 Å². The van der Waals surface area contributed by atoms with Crippen LogP contribution in [0.4, 0.5) is 0 Å². The molecule has 0 aliphatic carbocycles. The molecule has 6 nitrogen and oxygen atoms in total. The lowest BCUT2D eigenvalue weighted by atomic mass is 10.1. The summed E-state index contributed by atoms with van der Waals surface area (Å²) in [7, 11) is 1.36. The maximum atomic E-state index is 12.6. The van der Waals surface area contributed by atoms with E-state index >= 15 is 0 Å². The van der Waals surface area contributed by atoms with Crippen molar-refractivity contribution in [2.45, 2.75) is 73.6 Å². The summed E-state index contributed by atoms with van der Waals surface area (Å²) in [4.78, 5) is 25.7. The van der Waals surface area contributed by atoms with Gasteiger partial charge in [-0.25, -0.2) is 0 Å². The van der Waals surface area contributed by atoms with Crippen LogP contribution in [0.3, 0.4) is 0 Å². The Kier molecular flexibility index (Phi) is 13.2. The molecule has 1 aromatic carbocycles. The average Bonchev–Trinajstić information content (AvgIpc) is 3.36. The van der Waals surface area contributed by atoms with Crippen LogP contribution in [0.15, 0.2) is 18.2 Å². The fraction of sp³-hybridized carbons (Fsp3) is 0.652. The standard InChI is InChI=1S/C17H21NO5.3C2H6/c1-12-3-4-13-10-18(16(20)14(13)9-12)11-17(22-7-8-23-17)6-5-15(19)21-2;3*1-2/h3-4,9H,5-8,10-11H2,1-2H3;3*1-2H3. The smallest absolute Gasteiger partial charge is 0.305 e. The Morgan fingerprint density at radius 1 is 1.10 bits per heavy atom. The van der Waals surface area contributed by atoms with E-state index in [0.717, 1.165) is 16.7 Å². The fourth-order valence-electron chi connectivity index (χ4n) is 3.10. The number of carbonyl (C=O) groups is 2. The lowest BCUT2D eigenvalue weighted by Crippen LogP contribution is -2.44. The lowest BCUT2D eigenvalue weighted by molar-refractivity contribution is -0.176. The molecule has 1 saturated heterocycles. The van der Waals surface area contributed by atoms with E-state index in [1.807, 2.05) is 66.7 Å². The van der Waals surface area contributed by atoms with Crippen LogP contribution >= 0.6 is 0 Å². The van der Waals surface area contributed by atoms with Gasteiger partial charge in [0, 0.05) is 18.5 Å². The minimum atomic E-state index is -0.916. The molecule has 2 heterocycles. The highest BCUT2D eigenvalue weighted by molar-refractivity contribution is 5.98. The monoisotopic (exact) mass is 409 g/mol. The Hall–Kier alpha value is -1.92. The van der Waals surface area contributed by atoms with Crippen LogP contribution < -0.4 is 0 Å². The first kappa shape index (κ1) is 27.1. The van der Waals surface area contributed by atoms with E-state index in [4.69, 9.17) is 9.47 Å². The molecule has 0 saturated carbocycles. The molecule has 0 spiro atoms. The van der Waals surface area contributed by atoms with Gasteiger partial charge in [-0.15, -0.1) is 0 Å². The number of amides is 1. The second-order valence-corrected chi connectivity index (χ2v) is 6.01. The molecule has 29 heavy (non-hydrogen) atoms. The van der Waals surface area contributed by atoms with Crippen molar-refractivity contribution in [3.05, 3.63) is 34.9 Å². The van der Waals surface area contributed by atoms with E-state index in [-0.39, 0.29) is 18.3 Å². The summed E-state index contributed by atoms with van der Waals surface area (Å²) < 4.78 is 16.2. The Balaban J connectivity index is 0.00000120. The van der Waals surface area contributed by atoms with Crippen molar-refractivity contribution in [1.82, 2.24) is 4.90 Å². The summed E-state index contributed by atoms with van der Waals surface area (Å²) in [6.45, 7) is 15.8. The number of methoxy groups -OCH3 is 1. The maximum Gasteiger partial charge on any atom is 0.305 e. The molecule has 0 radical (unpaired) electrons. The second kappa shape index (κ2) is 14.1. The molecule has 166 valence electrons. The van der Waals surface area contributed by atoms with Gasteiger partial charge >= 0.3 is 5.97 Å². The number of fused-ring (bicyclic) bond motifs is 1. The predicted octanol–water partition coefficient (Wildman–Crippen LogP) is 4.73. The topological polar surface area (TPSA) is 65.1 Å². The molecule has 1 amide bonds. The third-order valence-electron chi connectivity index (χ3n) is 4.33. The number of hydrogen-bond acceptors (Lipinski definition) is 5. The van der Waals surface area contributed by atoms with Crippen LogP contribution in [-0.4, -0.2) is 49.4 Å². The normalized spacial score (nSPS) is 15.7. The van der Waals surface area contributed by atoms with Crippen molar-refractivity contribution in [2.24, 2.45) is 0 Å². The van der Waals surface area contributed by atoms with E-state index in [1.165, 1.54) is 7.11 Å². The van der Waals surface area contributed by atoms with Crippen LogP contribution in [0.25, 0.3) is 0 Å². The maximum absolute atomic E-state index is 12.6. The number of carbonyl (C=O) groups excluding carboxylic acids is 2. The largest absolute Gasteiger partial charge is 0.469 e. The number of benzene rings is 1. The van der Waals surface area contributed by atoms with Crippen LogP contribution in [0.5, 0.6) is 0 Å². The number of ether oxygens (including phenoxy) is 3. The number of hydrogen-bond donors (Lipinski definition) is 0. The zero-order valence-corrected chi connectivity index (χ0v) is 19.5. The highest BCUT2D eigenvalue weighted by Crippen LogP contribution is 2.31. The minimum Gasteiger partial charge on any atom is -0.469 e. The molecule has 1 fully saturated rings. The van der Waals surface area contributed by atoms with Gasteiger partial charge in [-0.05, 0) is 18.6 Å². The van der Waals surface area contributed by atoms with E-state index in [0.29, 0.717) is 32.7 Å². The first-order chi connectivity index (χ1) is 14.0. The van der Waals surface area contributed by atoms with Crippen molar-refractivity contribution in [3.63, 3.8) is 0 Å². The van der Waals surface area contributed by atoms with Gasteiger partial charge in [0.2, 0.25) is 0 Å². The lowest BCUT2D eigenvalue weighted by Gasteiger charge is -2.31. The van der Waals surface area contributed by atoms with Gasteiger partial charge in [0.25, 0.3) is 5.91 Å². The number of aryl methyl sites for hydroxylation is 1. The average molecular weight is 410 g/mol. The minimum absolute atomic E-state index is 0.0137. The quantitative estimate of drug-likeness (QED) is 0.658. The fourth-order valence-corrected chi connectivity index (χ4v) is 3.10. The van der Waals surface area contributed by atoms with Crippen LogP contribution in [-0.2, 0) is 25.5 Å². The SMILES string of the molecule is CC.CC.CC.COC(=O)CCC1(CN2Cc3ccc(C)cc3C2=O)OCCO1. The van der Waals surface area contributed by atoms with E-state index < -0.39 is 5.79 Å². The van der Waals surface area contributed by atoms with Gasteiger partial charge in [-0.3, -0.25) is 9.59 Å². The van der Waals surface area contributed by atoms with Gasteiger partial charge in [-0.2, -0.15) is 0 Å². The van der Waals surface area contributed by atoms with Gasteiger partial charge < -0.3 is 19.1 Å². The summed E-state index contributed by atoms with van der Waals surface area (Å²) in [5.74, 6) is -1.24. The Bertz CT molecular complexity index is 624. The van der Waals surface area contributed by atoms with Crippen molar-refractivity contribution >= 4 is 11.9 Å². The van der Waals surface area contributed by atoms with E-state index in [9.17, 15) is 9.59 Å². The Morgan fingerprint density at radius 3 is 2.24 bits per heavy atom. The van der Waals surface area contributed by atoms with Gasteiger partial charge in [0.15, 0.2) is 5.79 Å². The molecule has 0 atom stereocenters. The number of rotatable bonds is 5. The molecule has 2 aliphatic rings. The van der Waals surface area contributed by atoms with Crippen LogP contribution in [0, 0.1) is 6.92 Å². The molecule has 2 aliphatic heterocycles. The van der Waals surface area contributed by atoms with Crippen molar-refractivity contribution in [1.29, 1.82) is 0 Å². The Morgan fingerprint density at radius 2 is 1.69 bits per heavy atom. The molecule has 1 aromatic rings. The van der Waals surface area contributed by atoms with Crippen LogP contribution in [0.2, 0.25) is 0 Å². The molecular formula is C23H39NO5. The third-order valence-corrected chi connectivity index (χ3v) is 4.33. The summed E-state index contributed by atoms with van der Waals surface area (Å²) in [6, 6.07) is 5.90. The second-order valence-electron chi connectivity index (χ2n) is 6.01. The molecule has 6 heteroatoms. The van der Waals surface area contributed by atoms with E-state index in [2.05, 4.69) is 4.74 Å². The van der Waals surface area contributed by atoms with Crippen LogP contribution in [0.1, 0.15) is 75.9 Å². The summed E-state index contributed by atoms with van der Waals surface area (Å²) in [5.41, 5.74) is 2.82. The van der Waals surface area contributed by atoms with Crippen molar-refractivity contribution in [2.75, 3.05) is 26.9 Å². The highest BCUT2D eigenvalue weighted by atomic mass is 16.7.